The number of ether oxygens (including phenoxy) is 1. The van der Waals surface area contributed by atoms with Crippen LogP contribution in [-0.4, -0.2) is 37.8 Å². The normalized spacial score (nSPS) is 10.9. The van der Waals surface area contributed by atoms with Crippen LogP contribution in [0.2, 0.25) is 0 Å². The van der Waals surface area contributed by atoms with E-state index >= 15 is 0 Å². The molecule has 7 nitrogen and oxygen atoms in total. The van der Waals surface area contributed by atoms with Crippen LogP contribution in [0.5, 0.6) is 5.88 Å². The molecular weight excluding hydrogens is 342 g/mol. The molecule has 1 amide bonds. The van der Waals surface area contributed by atoms with E-state index in [0.29, 0.717) is 17.8 Å². The minimum absolute atomic E-state index is 0.267. The van der Waals surface area contributed by atoms with Crippen LogP contribution in [0.25, 0.3) is 0 Å². The first kappa shape index (κ1) is 20.0. The maximum absolute atomic E-state index is 12.1. The number of nitrogens with one attached hydrogen (secondary N) is 2. The fourth-order valence-corrected chi connectivity index (χ4v) is 2.47. The Morgan fingerprint density at radius 3 is 2.52 bits per heavy atom. The van der Waals surface area contributed by atoms with Gasteiger partial charge in [-0.1, -0.05) is 31.7 Å². The van der Waals surface area contributed by atoms with Gasteiger partial charge >= 0.3 is 0 Å². The highest BCUT2D eigenvalue weighted by atomic mass is 16.5. The molecule has 142 valence electrons. The number of benzene rings is 1. The Kier molecular flexibility index (Phi) is 6.93. The Balaban J connectivity index is 2.53. The number of para-hydroxylation sites is 1. The number of pyridine rings is 1. The predicted molar refractivity (Wildman–Crippen MR) is 108 cm³/mol. The highest BCUT2D eigenvalue weighted by Crippen LogP contribution is 2.21. The van der Waals surface area contributed by atoms with E-state index in [0.717, 1.165) is 17.0 Å². The van der Waals surface area contributed by atoms with Crippen LogP contribution in [0.3, 0.4) is 0 Å². The van der Waals surface area contributed by atoms with Crippen molar-refractivity contribution in [3.8, 4) is 5.88 Å². The van der Waals surface area contributed by atoms with Gasteiger partial charge in [0, 0.05) is 25.9 Å². The van der Waals surface area contributed by atoms with Crippen LogP contribution in [-0.2, 0) is 0 Å². The molecule has 1 aromatic heterocycles. The van der Waals surface area contributed by atoms with Gasteiger partial charge in [-0.2, -0.15) is 5.10 Å². The van der Waals surface area contributed by atoms with Gasteiger partial charge in [0.2, 0.25) is 5.88 Å². The molecule has 7 heteroatoms. The van der Waals surface area contributed by atoms with Gasteiger partial charge in [-0.25, -0.2) is 9.99 Å². The summed E-state index contributed by atoms with van der Waals surface area (Å²) in [5.74, 6) is 0.629. The van der Waals surface area contributed by atoms with Gasteiger partial charge in [-0.3, -0.25) is 4.79 Å². The molecule has 0 atom stereocenters. The molecule has 2 rings (SSSR count). The first-order valence-corrected chi connectivity index (χ1v) is 8.61. The number of hydrazone groups is 1. The number of hydrogen-bond donors (Lipinski definition) is 2. The summed E-state index contributed by atoms with van der Waals surface area (Å²) in [6.45, 7) is 6.02. The van der Waals surface area contributed by atoms with Crippen molar-refractivity contribution in [2.45, 2.75) is 13.3 Å². The fourth-order valence-electron chi connectivity index (χ4n) is 2.47. The zero-order chi connectivity index (χ0) is 19.8. The number of hydrogen-bond acceptors (Lipinski definition) is 6. The van der Waals surface area contributed by atoms with Crippen LogP contribution in [0.4, 0.5) is 5.69 Å². The van der Waals surface area contributed by atoms with E-state index in [9.17, 15) is 4.79 Å². The number of carbonyl (C=O) groups is 1. The Morgan fingerprint density at radius 1 is 1.26 bits per heavy atom. The van der Waals surface area contributed by atoms with Gasteiger partial charge in [0.25, 0.3) is 5.91 Å². The summed E-state index contributed by atoms with van der Waals surface area (Å²) < 4.78 is 5.20. The molecule has 2 N–H and O–H groups in total. The van der Waals surface area contributed by atoms with E-state index in [1.54, 1.807) is 31.4 Å². The lowest BCUT2D eigenvalue weighted by Gasteiger charge is -2.22. The van der Waals surface area contributed by atoms with Crippen molar-refractivity contribution in [1.82, 2.24) is 15.6 Å². The summed E-state index contributed by atoms with van der Waals surface area (Å²) in [6, 6.07) is 11.4. The molecule has 1 heterocycles. The summed E-state index contributed by atoms with van der Waals surface area (Å²) in [4.78, 5) is 16.4. The van der Waals surface area contributed by atoms with Crippen molar-refractivity contribution in [1.29, 1.82) is 0 Å². The highest BCUT2D eigenvalue weighted by molar-refractivity contribution is 6.04. The lowest BCUT2D eigenvalue weighted by molar-refractivity contribution is 0.0959. The number of nitrogens with zero attached hydrogens (tertiary/aromatic N) is 3. The molecule has 0 bridgehead atoms. The first-order chi connectivity index (χ1) is 13.0. The molecule has 1 aromatic carbocycles. The van der Waals surface area contributed by atoms with Crippen molar-refractivity contribution < 1.29 is 9.53 Å². The Labute approximate surface area is 159 Å². The topological polar surface area (TPSA) is 78.8 Å². The number of anilines is 1. The third-order valence-corrected chi connectivity index (χ3v) is 3.95. The Hall–Kier alpha value is -3.35. The van der Waals surface area contributed by atoms with Crippen molar-refractivity contribution >= 4 is 17.3 Å². The molecule has 0 radical (unpaired) electrons. The van der Waals surface area contributed by atoms with Crippen molar-refractivity contribution in [3.05, 3.63) is 66.1 Å². The molecule has 0 saturated carbocycles. The summed E-state index contributed by atoms with van der Waals surface area (Å²) >= 11 is 0. The van der Waals surface area contributed by atoms with Crippen LogP contribution in [0.1, 0.15) is 29.3 Å². The van der Waals surface area contributed by atoms with E-state index in [1.165, 1.54) is 7.11 Å². The molecule has 0 unspecified atom stereocenters. The van der Waals surface area contributed by atoms with Gasteiger partial charge in [0.15, 0.2) is 0 Å². The lowest BCUT2D eigenvalue weighted by atomic mass is 10.1. The minimum Gasteiger partial charge on any atom is -0.480 e. The maximum Gasteiger partial charge on any atom is 0.256 e. The SMILES string of the molecule is C=C(NC)N(/N=C(\CC)c1cnc(OC)c(C(=O)NC)c1)c1ccccc1. The fraction of sp³-hybridized carbons (Fsp3) is 0.250. The van der Waals surface area contributed by atoms with Crippen LogP contribution < -0.4 is 20.4 Å². The van der Waals surface area contributed by atoms with Gasteiger partial charge < -0.3 is 15.4 Å². The van der Waals surface area contributed by atoms with Crippen molar-refractivity contribution in [2.24, 2.45) is 5.10 Å². The number of amides is 1. The molecule has 0 aliphatic rings. The molecule has 0 spiro atoms. The van der Waals surface area contributed by atoms with Crippen LogP contribution in [0.15, 0.2) is 60.1 Å². The lowest BCUT2D eigenvalue weighted by Crippen LogP contribution is -2.26. The van der Waals surface area contributed by atoms with Crippen LogP contribution >= 0.6 is 0 Å². The summed E-state index contributed by atoms with van der Waals surface area (Å²) in [7, 11) is 4.84. The third-order valence-electron chi connectivity index (χ3n) is 3.95. The Morgan fingerprint density at radius 2 is 1.96 bits per heavy atom. The zero-order valence-corrected chi connectivity index (χ0v) is 16.1. The zero-order valence-electron chi connectivity index (χ0n) is 16.1. The number of aromatic nitrogens is 1. The second-order valence-corrected chi connectivity index (χ2v) is 5.60. The summed E-state index contributed by atoms with van der Waals surface area (Å²) in [6.07, 6.45) is 2.29. The average molecular weight is 367 g/mol. The van der Waals surface area contributed by atoms with Gasteiger partial charge in [0.05, 0.1) is 18.5 Å². The monoisotopic (exact) mass is 367 g/mol. The van der Waals surface area contributed by atoms with Crippen molar-refractivity contribution in [3.63, 3.8) is 0 Å². The van der Waals surface area contributed by atoms with Crippen LogP contribution in [0, 0.1) is 0 Å². The van der Waals surface area contributed by atoms with Gasteiger partial charge in [0.1, 0.15) is 11.4 Å². The second-order valence-electron chi connectivity index (χ2n) is 5.60. The van der Waals surface area contributed by atoms with E-state index in [-0.39, 0.29) is 11.8 Å². The van der Waals surface area contributed by atoms with Gasteiger partial charge in [-0.05, 0) is 24.6 Å². The molecule has 0 saturated heterocycles. The van der Waals surface area contributed by atoms with E-state index in [4.69, 9.17) is 9.84 Å². The quantitative estimate of drug-likeness (QED) is 0.554. The Bertz CT molecular complexity index is 834. The van der Waals surface area contributed by atoms with E-state index in [2.05, 4.69) is 22.2 Å². The molecule has 0 aliphatic heterocycles. The molecule has 0 aliphatic carbocycles. The third kappa shape index (κ3) is 4.63. The number of methoxy groups -OCH3 is 1. The average Bonchev–Trinajstić information content (AvgIpc) is 2.73. The standard InChI is InChI=1S/C20H25N5O2/c1-6-18(15-12-17(19(26)22-4)20(27-5)23-13-15)24-25(14(2)21-3)16-10-8-7-9-11-16/h7-13,21H,2,6H2,1,3-5H3,(H,22,26)/b24-18+. The second kappa shape index (κ2) is 9.38. The number of rotatable bonds is 8. The summed E-state index contributed by atoms with van der Waals surface area (Å²) in [5, 5.41) is 12.1. The minimum atomic E-state index is -0.267. The maximum atomic E-state index is 12.1. The predicted octanol–water partition coefficient (Wildman–Crippen LogP) is 2.76. The van der Waals surface area contributed by atoms with E-state index < -0.39 is 0 Å². The van der Waals surface area contributed by atoms with E-state index in [1.807, 2.05) is 37.3 Å². The highest BCUT2D eigenvalue weighted by Gasteiger charge is 2.16. The number of carbonyl (C=O) groups excluding carboxylic acids is 1. The van der Waals surface area contributed by atoms with Gasteiger partial charge in [-0.15, -0.1) is 0 Å². The van der Waals surface area contributed by atoms with Crippen molar-refractivity contribution in [2.75, 3.05) is 26.2 Å². The molecule has 27 heavy (non-hydrogen) atoms. The molecule has 2 aromatic rings. The molecular formula is C20H25N5O2. The smallest absolute Gasteiger partial charge is 0.256 e. The summed E-state index contributed by atoms with van der Waals surface area (Å²) in [5.41, 5.74) is 2.73. The largest absolute Gasteiger partial charge is 0.480 e. The molecule has 0 fully saturated rings. The first-order valence-electron chi connectivity index (χ1n) is 8.61.